The zero-order valence-electron chi connectivity index (χ0n) is 13.1. The predicted octanol–water partition coefficient (Wildman–Crippen LogP) is 3.82. The number of hydrogen-bond acceptors (Lipinski definition) is 2. The van der Waals surface area contributed by atoms with Crippen molar-refractivity contribution in [3.63, 3.8) is 0 Å². The van der Waals surface area contributed by atoms with E-state index < -0.39 is 0 Å². The Hall–Kier alpha value is -1.26. The summed E-state index contributed by atoms with van der Waals surface area (Å²) in [6.07, 6.45) is 4.40. The fourth-order valence-corrected chi connectivity index (χ4v) is 3.18. The number of nitrogens with two attached hydrogens (primary N) is 1. The summed E-state index contributed by atoms with van der Waals surface area (Å²) in [5.41, 5.74) is 6.49. The van der Waals surface area contributed by atoms with Gasteiger partial charge in [0.1, 0.15) is 0 Å². The number of urea groups is 1. The van der Waals surface area contributed by atoms with Crippen LogP contribution in [0.5, 0.6) is 0 Å². The van der Waals surface area contributed by atoms with Crippen LogP contribution in [0.25, 0.3) is 0 Å². The molecule has 0 saturated heterocycles. The van der Waals surface area contributed by atoms with Gasteiger partial charge >= 0.3 is 6.03 Å². The maximum atomic E-state index is 11.7. The van der Waals surface area contributed by atoms with Crippen molar-refractivity contribution in [2.45, 2.75) is 45.3 Å². The van der Waals surface area contributed by atoms with E-state index in [4.69, 9.17) is 22.1 Å². The summed E-state index contributed by atoms with van der Waals surface area (Å²) >= 11 is 6.09. The number of carbonyl (C=O) groups is 1. The Morgan fingerprint density at radius 2 is 2.00 bits per heavy atom. The Kier molecular flexibility index (Phi) is 6.52. The van der Waals surface area contributed by atoms with Crippen molar-refractivity contribution in [3.05, 3.63) is 34.9 Å². The van der Waals surface area contributed by atoms with Gasteiger partial charge < -0.3 is 15.4 Å². The van der Waals surface area contributed by atoms with Gasteiger partial charge in [-0.3, -0.25) is 0 Å². The molecule has 22 heavy (non-hydrogen) atoms. The zero-order chi connectivity index (χ0) is 15.9. The summed E-state index contributed by atoms with van der Waals surface area (Å²) in [5, 5.41) is 0.704. The van der Waals surface area contributed by atoms with E-state index >= 15 is 0 Å². The second-order valence-corrected chi connectivity index (χ2v) is 6.50. The van der Waals surface area contributed by atoms with E-state index in [0.29, 0.717) is 24.8 Å². The average Bonchev–Trinajstić information content (AvgIpc) is 2.50. The summed E-state index contributed by atoms with van der Waals surface area (Å²) in [5.74, 6) is 0.752. The third-order valence-electron chi connectivity index (χ3n) is 4.40. The number of benzene rings is 1. The first-order chi connectivity index (χ1) is 10.6. The fraction of sp³-hybridized carbons (Fsp3) is 0.588. The molecule has 0 bridgehead atoms. The number of ether oxygens (including phenoxy) is 1. The summed E-state index contributed by atoms with van der Waals surface area (Å²) in [7, 11) is 0. The number of halogens is 1. The number of hydrogen-bond donors (Lipinski definition) is 1. The number of nitrogens with zero attached hydrogens (tertiary/aromatic N) is 1. The first-order valence-electron chi connectivity index (χ1n) is 7.95. The Morgan fingerprint density at radius 1 is 1.32 bits per heavy atom. The first-order valence-corrected chi connectivity index (χ1v) is 8.33. The molecule has 1 fully saturated rings. The van der Waals surface area contributed by atoms with Crippen LogP contribution in [0.2, 0.25) is 5.02 Å². The minimum Gasteiger partial charge on any atom is -0.375 e. The number of rotatable bonds is 6. The maximum absolute atomic E-state index is 11.7. The van der Waals surface area contributed by atoms with Crippen LogP contribution in [-0.2, 0) is 11.3 Å². The molecular formula is C17H25ClN2O2. The molecule has 0 aromatic heterocycles. The SMILES string of the molecule is CC1CCC(N(CCOCc2ccccc2Cl)C(N)=O)CC1. The van der Waals surface area contributed by atoms with Crippen LogP contribution in [0, 0.1) is 5.92 Å². The van der Waals surface area contributed by atoms with Gasteiger partial charge in [-0.05, 0) is 43.2 Å². The second kappa shape index (κ2) is 8.39. The highest BCUT2D eigenvalue weighted by Crippen LogP contribution is 2.27. The molecule has 0 atom stereocenters. The quantitative estimate of drug-likeness (QED) is 0.809. The topological polar surface area (TPSA) is 55.6 Å². The van der Waals surface area contributed by atoms with E-state index in [1.54, 1.807) is 4.90 Å². The molecule has 0 unspecified atom stereocenters. The lowest BCUT2D eigenvalue weighted by atomic mass is 9.86. The standard InChI is InChI=1S/C17H25ClN2O2/c1-13-6-8-15(9-7-13)20(17(19)21)10-11-22-12-14-4-2-3-5-16(14)18/h2-5,13,15H,6-12H2,1H3,(H2,19,21). The molecule has 5 heteroatoms. The summed E-state index contributed by atoms with van der Waals surface area (Å²) in [6.45, 7) is 3.73. The van der Waals surface area contributed by atoms with Crippen molar-refractivity contribution < 1.29 is 9.53 Å². The van der Waals surface area contributed by atoms with Crippen LogP contribution in [0.3, 0.4) is 0 Å². The molecule has 0 aliphatic heterocycles. The van der Waals surface area contributed by atoms with Crippen molar-refractivity contribution in [2.24, 2.45) is 11.7 Å². The van der Waals surface area contributed by atoms with Gasteiger partial charge in [0, 0.05) is 17.6 Å². The number of carbonyl (C=O) groups excluding carboxylic acids is 1. The van der Waals surface area contributed by atoms with Crippen LogP contribution in [0.4, 0.5) is 4.79 Å². The van der Waals surface area contributed by atoms with Gasteiger partial charge in [0.2, 0.25) is 0 Å². The molecule has 1 aromatic carbocycles. The molecule has 1 aliphatic rings. The lowest BCUT2D eigenvalue weighted by Crippen LogP contribution is -2.46. The van der Waals surface area contributed by atoms with Gasteiger partial charge in [-0.1, -0.05) is 36.7 Å². The molecule has 0 radical (unpaired) electrons. The van der Waals surface area contributed by atoms with Gasteiger partial charge in [0.15, 0.2) is 0 Å². The van der Waals surface area contributed by atoms with Crippen LogP contribution >= 0.6 is 11.6 Å². The smallest absolute Gasteiger partial charge is 0.315 e. The average molecular weight is 325 g/mol. The van der Waals surface area contributed by atoms with Crippen molar-refractivity contribution in [1.29, 1.82) is 0 Å². The molecule has 2 amide bonds. The monoisotopic (exact) mass is 324 g/mol. The predicted molar refractivity (Wildman–Crippen MR) is 88.8 cm³/mol. The summed E-state index contributed by atoms with van der Waals surface area (Å²) in [4.78, 5) is 13.4. The Bertz CT molecular complexity index is 487. The summed E-state index contributed by atoms with van der Waals surface area (Å²) < 4.78 is 5.66. The van der Waals surface area contributed by atoms with Gasteiger partial charge in [-0.25, -0.2) is 4.79 Å². The van der Waals surface area contributed by atoms with Crippen molar-refractivity contribution >= 4 is 17.6 Å². The van der Waals surface area contributed by atoms with Crippen LogP contribution in [0.1, 0.15) is 38.2 Å². The highest BCUT2D eigenvalue weighted by molar-refractivity contribution is 6.31. The van der Waals surface area contributed by atoms with E-state index in [9.17, 15) is 4.79 Å². The zero-order valence-corrected chi connectivity index (χ0v) is 13.9. The van der Waals surface area contributed by atoms with Gasteiger partial charge in [0.05, 0.1) is 13.2 Å². The van der Waals surface area contributed by atoms with E-state index in [0.717, 1.165) is 37.2 Å². The Balaban J connectivity index is 1.77. The Morgan fingerprint density at radius 3 is 2.64 bits per heavy atom. The third-order valence-corrected chi connectivity index (χ3v) is 4.77. The molecule has 0 heterocycles. The highest BCUT2D eigenvalue weighted by atomic mass is 35.5. The van der Waals surface area contributed by atoms with Gasteiger partial charge in [-0.2, -0.15) is 0 Å². The first kappa shape index (κ1) is 17.1. The molecule has 0 spiro atoms. The van der Waals surface area contributed by atoms with Crippen molar-refractivity contribution in [1.82, 2.24) is 4.90 Å². The summed E-state index contributed by atoms with van der Waals surface area (Å²) in [6, 6.07) is 7.53. The van der Waals surface area contributed by atoms with Gasteiger partial charge in [0.25, 0.3) is 0 Å². The van der Waals surface area contributed by atoms with Crippen molar-refractivity contribution in [3.8, 4) is 0 Å². The lowest BCUT2D eigenvalue weighted by molar-refractivity contribution is 0.0802. The maximum Gasteiger partial charge on any atom is 0.315 e. The number of amides is 2. The molecule has 2 rings (SSSR count). The Labute approximate surface area is 137 Å². The highest BCUT2D eigenvalue weighted by Gasteiger charge is 2.25. The molecule has 1 aromatic rings. The molecular weight excluding hydrogens is 300 g/mol. The fourth-order valence-electron chi connectivity index (χ4n) is 2.99. The molecule has 1 aliphatic carbocycles. The minimum absolute atomic E-state index is 0.262. The third kappa shape index (κ3) is 4.89. The minimum atomic E-state index is -0.346. The second-order valence-electron chi connectivity index (χ2n) is 6.09. The molecule has 1 saturated carbocycles. The van der Waals surface area contributed by atoms with E-state index in [2.05, 4.69) is 6.92 Å². The van der Waals surface area contributed by atoms with E-state index in [-0.39, 0.29) is 12.1 Å². The molecule has 4 nitrogen and oxygen atoms in total. The van der Waals surface area contributed by atoms with E-state index in [1.165, 1.54) is 0 Å². The normalized spacial score (nSPS) is 21.5. The molecule has 2 N–H and O–H groups in total. The lowest BCUT2D eigenvalue weighted by Gasteiger charge is -2.35. The molecule has 122 valence electrons. The van der Waals surface area contributed by atoms with Crippen LogP contribution in [0.15, 0.2) is 24.3 Å². The van der Waals surface area contributed by atoms with E-state index in [1.807, 2.05) is 24.3 Å². The largest absolute Gasteiger partial charge is 0.375 e. The van der Waals surface area contributed by atoms with Gasteiger partial charge in [-0.15, -0.1) is 0 Å². The van der Waals surface area contributed by atoms with Crippen LogP contribution < -0.4 is 5.73 Å². The number of primary amides is 1. The van der Waals surface area contributed by atoms with Crippen molar-refractivity contribution in [2.75, 3.05) is 13.2 Å². The van der Waals surface area contributed by atoms with Crippen LogP contribution in [-0.4, -0.2) is 30.1 Å².